The van der Waals surface area contributed by atoms with Gasteiger partial charge in [0.1, 0.15) is 52.2 Å². The average Bonchev–Trinajstić information content (AvgIpc) is 3.37. The topological polar surface area (TPSA) is 290 Å². The zero-order valence-electron chi connectivity index (χ0n) is 42.0. The predicted molar refractivity (Wildman–Crippen MR) is 276 cm³/mol. The number of aliphatic hydroxyl groups excluding tert-OH is 1. The summed E-state index contributed by atoms with van der Waals surface area (Å²) in [6.07, 6.45) is 14.1. The van der Waals surface area contributed by atoms with Gasteiger partial charge in [-0.2, -0.15) is 4.98 Å². The number of nitrogens with zero attached hydrogens (tertiary/aromatic N) is 6. The number of pyridine rings is 2. The van der Waals surface area contributed by atoms with Gasteiger partial charge >= 0.3 is 23.6 Å². The van der Waals surface area contributed by atoms with Crippen molar-refractivity contribution in [3.8, 4) is 41.7 Å². The van der Waals surface area contributed by atoms with E-state index in [0.717, 1.165) is 9.80 Å². The number of hydrogen-bond donors (Lipinski definition) is 3. The summed E-state index contributed by atoms with van der Waals surface area (Å²) in [5, 5.41) is 31.4. The Morgan fingerprint density at radius 2 is 1.14 bits per heavy atom. The Morgan fingerprint density at radius 1 is 0.718 bits per heavy atom. The van der Waals surface area contributed by atoms with Crippen LogP contribution < -0.4 is 45.0 Å². The summed E-state index contributed by atoms with van der Waals surface area (Å²) in [4.78, 5) is 57.6. The Labute approximate surface area is 423 Å². The van der Waals surface area contributed by atoms with E-state index in [9.17, 15) is 29.8 Å². The van der Waals surface area contributed by atoms with Crippen molar-refractivity contribution in [2.75, 3.05) is 75.1 Å². The second-order valence-corrected chi connectivity index (χ2v) is 14.3. The lowest BCUT2D eigenvalue weighted by Crippen LogP contribution is -2.32. The third-order valence-corrected chi connectivity index (χ3v) is 8.95. The van der Waals surface area contributed by atoms with Gasteiger partial charge in [-0.15, -0.1) is 26.0 Å². The van der Waals surface area contributed by atoms with Crippen molar-refractivity contribution in [1.82, 2.24) is 9.97 Å². The number of carbonyl (C=O) groups is 2. The lowest BCUT2D eigenvalue weighted by Gasteiger charge is -2.23. The molecule has 0 aliphatic heterocycles. The van der Waals surface area contributed by atoms with E-state index in [1.54, 1.807) is 74.5 Å². The van der Waals surface area contributed by atoms with Gasteiger partial charge in [-0.3, -0.25) is 30.0 Å². The first-order valence-corrected chi connectivity index (χ1v) is 21.9. The fourth-order valence-corrected chi connectivity index (χ4v) is 6.06. The molecule has 4 aromatic rings. The van der Waals surface area contributed by atoms with Crippen molar-refractivity contribution in [2.45, 2.75) is 39.8 Å². The van der Waals surface area contributed by atoms with E-state index in [4.69, 9.17) is 52.7 Å². The molecule has 0 fully saturated rings. The average molecular weight is 1060 g/mol. The number of hydrogen-bond acceptors (Lipinski definition) is 18. The standard InChI is InChI=1S/C23H28N4O7.C19H21BrN4O6.C4H8O.C2H2.H2/c1-5-8-10-34-20-14-19(21(27(29)30)22(24)25-20)26(23(28)32-7-3)15-16-11-17(31-4)13-18(12-16)33-9-6-2;1-4-6-30-14-8-12(7-13(9-14)28-3)11-23(19(25)29-5-2)15-10-16(20)22-18(21)17(15)24(26)27;1-2-3-4-5;1-2;/h5-6,11-14H,1-2,7-10,15H2,3-4H3,(H2,24,25);4,7-10H,1,5-6,11H2,2-3H3,(H2,21,22);2,5H,1,3-4H2;1-2H;1H/i;;;;1+1D. The smallest absolute Gasteiger partial charge is 0.414 e. The maximum atomic E-state index is 12.9. The number of nitrogens with two attached hydrogens (primary N) is 2. The van der Waals surface area contributed by atoms with Crippen LogP contribution in [0.3, 0.4) is 0 Å². The summed E-state index contributed by atoms with van der Waals surface area (Å²) in [6.45, 7) is 18.4. The number of nitrogen functional groups attached to an aromatic ring is 2. The van der Waals surface area contributed by atoms with Crippen LogP contribution in [-0.2, 0) is 22.6 Å². The third kappa shape index (κ3) is 20.0. The molecular formula is C48H61BrN8O14. The number of ether oxygens (including phenoxy) is 7. The van der Waals surface area contributed by atoms with Crippen molar-refractivity contribution >= 4 is 62.5 Å². The maximum absolute atomic E-state index is 12.9. The van der Waals surface area contributed by atoms with Gasteiger partial charge in [-0.25, -0.2) is 14.6 Å². The van der Waals surface area contributed by atoms with Gasteiger partial charge in [0.2, 0.25) is 17.5 Å². The quantitative estimate of drug-likeness (QED) is 0.0147. The summed E-state index contributed by atoms with van der Waals surface area (Å²) in [5.74, 6) is 1.20. The molecule has 0 bridgehead atoms. The second kappa shape index (κ2) is 33.2. The number of halogens is 1. The van der Waals surface area contributed by atoms with Crippen LogP contribution >= 0.6 is 15.9 Å². The minimum absolute atomic E-state index is 0.0231. The highest BCUT2D eigenvalue weighted by Gasteiger charge is 2.32. The lowest BCUT2D eigenvalue weighted by molar-refractivity contribution is -0.383. The number of amides is 2. The molecule has 22 nitrogen and oxygen atoms in total. The zero-order chi connectivity index (χ0) is 55.5. The van der Waals surface area contributed by atoms with E-state index >= 15 is 0 Å². The molecule has 2 amide bonds. The van der Waals surface area contributed by atoms with Crippen LogP contribution in [0, 0.1) is 33.1 Å². The molecule has 2 aromatic carbocycles. The summed E-state index contributed by atoms with van der Waals surface area (Å²) < 4.78 is 47.8. The number of nitro groups is 2. The molecule has 0 aliphatic rings. The Bertz CT molecular complexity index is 2470. The van der Waals surface area contributed by atoms with Crippen LogP contribution in [-0.4, -0.2) is 91.0 Å². The van der Waals surface area contributed by atoms with Gasteiger partial charge < -0.3 is 49.7 Å². The summed E-state index contributed by atoms with van der Waals surface area (Å²) in [6, 6.07) is 12.7. The zero-order valence-corrected chi connectivity index (χ0v) is 41.5. The molecule has 23 heteroatoms. The monoisotopic (exact) mass is 1050 g/mol. The van der Waals surface area contributed by atoms with Crippen LogP contribution in [0.4, 0.5) is 44.0 Å². The molecular weight excluding hydrogens is 992 g/mol. The summed E-state index contributed by atoms with van der Waals surface area (Å²) in [5.41, 5.74) is 11.5. The molecule has 0 atom stereocenters. The number of carbonyl (C=O) groups excluding carboxylic acids is 2. The highest BCUT2D eigenvalue weighted by Crippen LogP contribution is 2.39. The van der Waals surface area contributed by atoms with Crippen LogP contribution in [0.25, 0.3) is 0 Å². The van der Waals surface area contributed by atoms with Crippen LogP contribution in [0.5, 0.6) is 28.9 Å². The molecule has 71 heavy (non-hydrogen) atoms. The first kappa shape index (κ1) is 58.8. The second-order valence-electron chi connectivity index (χ2n) is 13.5. The van der Waals surface area contributed by atoms with E-state index in [2.05, 4.69) is 65.1 Å². The fourth-order valence-electron chi connectivity index (χ4n) is 5.65. The molecule has 2 aromatic heterocycles. The SMILES string of the molecule is C#C.C=CCCO.C=CCCOc1cc(N(Cc2cc(OC)cc(OCC=C)c2)C(=O)OCC)c([N+](=O)[O-])c(N)n1.C=CCOc1cc(CN(C(=O)OCC)c2cc(Br)nc(N)c2[N+](=O)[O-])cc(OC)c1.[2H][2H]. The van der Waals surface area contributed by atoms with E-state index in [1.165, 1.54) is 26.4 Å². The van der Waals surface area contributed by atoms with Gasteiger partial charge in [-0.05, 0) is 78.0 Å². The molecule has 0 unspecified atom stereocenters. The molecule has 0 spiro atoms. The number of methoxy groups -OCH3 is 2. The number of anilines is 4. The minimum Gasteiger partial charge on any atom is -0.497 e. The van der Waals surface area contributed by atoms with Crippen molar-refractivity contribution in [3.05, 3.63) is 135 Å². The van der Waals surface area contributed by atoms with Crippen molar-refractivity contribution in [1.29, 1.82) is 0 Å². The van der Waals surface area contributed by atoms with Gasteiger partial charge in [0.25, 0.3) is 0 Å². The van der Waals surface area contributed by atoms with Crippen molar-refractivity contribution in [3.63, 3.8) is 0 Å². The number of aliphatic hydroxyl groups is 1. The largest absolute Gasteiger partial charge is 0.497 e. The van der Waals surface area contributed by atoms with Gasteiger partial charge in [0.15, 0.2) is 0 Å². The van der Waals surface area contributed by atoms with Crippen LogP contribution in [0.1, 0.15) is 40.8 Å². The summed E-state index contributed by atoms with van der Waals surface area (Å²) in [7, 11) is 2.98. The molecule has 0 saturated carbocycles. The Hall–Kier alpha value is -8.36. The number of benzene rings is 2. The maximum Gasteiger partial charge on any atom is 0.414 e. The Balaban J connectivity index is 0.00000123. The van der Waals surface area contributed by atoms with Crippen LogP contribution in [0.2, 0.25) is 0 Å². The molecule has 4 rings (SSSR count). The molecule has 0 aliphatic carbocycles. The first-order valence-electron chi connectivity index (χ1n) is 22.1. The Morgan fingerprint density at radius 3 is 1.51 bits per heavy atom. The predicted octanol–water partition coefficient (Wildman–Crippen LogP) is 9.38. The highest BCUT2D eigenvalue weighted by atomic mass is 79.9. The van der Waals surface area contributed by atoms with Crippen molar-refractivity contribution in [2.24, 2.45) is 0 Å². The van der Waals surface area contributed by atoms with Gasteiger partial charge in [-0.1, -0.05) is 37.5 Å². The molecule has 0 saturated heterocycles. The fraction of sp³-hybridized carbons (Fsp3) is 0.292. The first-order chi connectivity index (χ1) is 35.0. The number of terminal acetylenes is 1. The molecule has 0 radical (unpaired) electrons. The molecule has 2 heterocycles. The molecule has 384 valence electrons. The van der Waals surface area contributed by atoms with E-state index < -0.39 is 39.2 Å². The van der Waals surface area contributed by atoms with Crippen molar-refractivity contribution < 1.29 is 60.7 Å². The highest BCUT2D eigenvalue weighted by molar-refractivity contribution is 9.10. The lowest BCUT2D eigenvalue weighted by atomic mass is 10.1. The Kier molecular flexibility index (Phi) is 27.5. The van der Waals surface area contributed by atoms with E-state index in [0.29, 0.717) is 47.0 Å². The number of aromatic nitrogens is 2. The minimum atomic E-state index is -0.815. The summed E-state index contributed by atoms with van der Waals surface area (Å²) >= 11 is 3.16. The third-order valence-electron chi connectivity index (χ3n) is 8.54. The van der Waals surface area contributed by atoms with E-state index in [-0.39, 0.29) is 80.4 Å². The van der Waals surface area contributed by atoms with Crippen LogP contribution in [0.15, 0.2) is 104 Å². The normalized spacial score (nSPS) is 9.86. The number of rotatable bonds is 24. The van der Waals surface area contributed by atoms with Gasteiger partial charge in [0.05, 0.1) is 57.0 Å². The van der Waals surface area contributed by atoms with E-state index in [1.807, 2.05) is 0 Å². The van der Waals surface area contributed by atoms with Gasteiger partial charge in [0, 0.05) is 33.8 Å². The molecule has 5 N–H and O–H groups in total.